The molecule has 1 unspecified atom stereocenters. The first-order valence-electron chi connectivity index (χ1n) is 9.25. The number of esters is 1. The van der Waals surface area contributed by atoms with E-state index < -0.39 is 5.97 Å². The topological polar surface area (TPSA) is 63.6 Å². The first kappa shape index (κ1) is 18.1. The molecule has 1 N–H and O–H groups in total. The van der Waals surface area contributed by atoms with Gasteiger partial charge in [0.05, 0.1) is 22.8 Å². The molecule has 0 aliphatic carbocycles. The second-order valence-electron chi connectivity index (χ2n) is 6.85. The average Bonchev–Trinajstić information content (AvgIpc) is 2.66. The van der Waals surface area contributed by atoms with Crippen LogP contribution in [0.25, 0.3) is 17.0 Å². The van der Waals surface area contributed by atoms with Gasteiger partial charge in [0.15, 0.2) is 0 Å². The average molecular weight is 388 g/mol. The summed E-state index contributed by atoms with van der Waals surface area (Å²) in [6.45, 7) is 7.46. The summed E-state index contributed by atoms with van der Waals surface area (Å²) in [5.41, 5.74) is 2.41. The number of piperazine rings is 1. The number of ether oxygens (including phenoxy) is 1. The molecule has 2 aliphatic heterocycles. The Morgan fingerprint density at radius 3 is 2.81 bits per heavy atom. The van der Waals surface area contributed by atoms with Crippen LogP contribution in [-0.2, 0) is 4.74 Å². The van der Waals surface area contributed by atoms with E-state index in [2.05, 4.69) is 16.3 Å². The molecule has 1 aromatic carbocycles. The van der Waals surface area contributed by atoms with E-state index in [-0.39, 0.29) is 23.6 Å². The Balaban J connectivity index is 2.01. The molecular weight excluding hydrogens is 366 g/mol. The Morgan fingerprint density at radius 2 is 2.11 bits per heavy atom. The lowest BCUT2D eigenvalue weighted by atomic mass is 9.98. The Bertz CT molecular complexity index is 1010. The molecule has 1 aromatic heterocycles. The van der Waals surface area contributed by atoms with Crippen molar-refractivity contribution in [3.63, 3.8) is 0 Å². The number of nitrogens with one attached hydrogen (secondary N) is 1. The van der Waals surface area contributed by atoms with Gasteiger partial charge in [-0.15, -0.1) is 0 Å². The van der Waals surface area contributed by atoms with Crippen molar-refractivity contribution in [1.29, 1.82) is 0 Å². The summed E-state index contributed by atoms with van der Waals surface area (Å²) in [6, 6.07) is 1.72. The van der Waals surface area contributed by atoms with Crippen LogP contribution in [0.2, 0.25) is 5.02 Å². The van der Waals surface area contributed by atoms with E-state index in [1.165, 1.54) is 0 Å². The van der Waals surface area contributed by atoms with Crippen molar-refractivity contribution < 1.29 is 9.53 Å². The molecule has 3 heterocycles. The predicted molar refractivity (Wildman–Crippen MR) is 108 cm³/mol. The SMILES string of the molecule is CCOC(=O)c1cn2c3c(c(N4CCNCC4)c(Cl)cc3c1=O)C=CC2C. The predicted octanol–water partition coefficient (Wildman–Crippen LogP) is 2.83. The van der Waals surface area contributed by atoms with Gasteiger partial charge in [0.25, 0.3) is 0 Å². The van der Waals surface area contributed by atoms with Gasteiger partial charge in [-0.2, -0.15) is 0 Å². The first-order chi connectivity index (χ1) is 13.0. The van der Waals surface area contributed by atoms with E-state index in [9.17, 15) is 9.59 Å². The maximum Gasteiger partial charge on any atom is 0.343 e. The molecule has 6 nitrogen and oxygen atoms in total. The molecule has 0 amide bonds. The lowest BCUT2D eigenvalue weighted by Crippen LogP contribution is -2.44. The number of pyridine rings is 1. The molecule has 1 saturated heterocycles. The molecule has 4 rings (SSSR count). The quantitative estimate of drug-likeness (QED) is 0.820. The maximum absolute atomic E-state index is 13.0. The van der Waals surface area contributed by atoms with Crippen molar-refractivity contribution >= 4 is 40.2 Å². The standard InChI is InChI=1S/C20H22ClN3O3/c1-3-27-20(26)15-11-24-12(2)4-5-13-17(24)14(19(15)25)10-16(21)18(13)23-8-6-22-7-9-23/h4-5,10-12,22H,3,6-9H2,1-2H3. The van der Waals surface area contributed by atoms with Crippen molar-refractivity contribution in [3.05, 3.63) is 44.7 Å². The first-order valence-corrected chi connectivity index (χ1v) is 9.63. The molecule has 0 radical (unpaired) electrons. The van der Waals surface area contributed by atoms with Crippen molar-refractivity contribution in [3.8, 4) is 0 Å². The van der Waals surface area contributed by atoms with Crippen molar-refractivity contribution in [1.82, 2.24) is 9.88 Å². The van der Waals surface area contributed by atoms with Gasteiger partial charge in [0.2, 0.25) is 5.43 Å². The fraction of sp³-hybridized carbons (Fsp3) is 0.400. The Hall–Kier alpha value is -2.31. The third-order valence-electron chi connectivity index (χ3n) is 5.19. The smallest absolute Gasteiger partial charge is 0.343 e. The minimum Gasteiger partial charge on any atom is -0.462 e. The highest BCUT2D eigenvalue weighted by molar-refractivity contribution is 6.35. The Morgan fingerprint density at radius 1 is 1.37 bits per heavy atom. The number of rotatable bonds is 3. The van der Waals surface area contributed by atoms with E-state index in [4.69, 9.17) is 16.3 Å². The van der Waals surface area contributed by atoms with Gasteiger partial charge in [-0.3, -0.25) is 4.79 Å². The fourth-order valence-corrected chi connectivity index (χ4v) is 4.21. The van der Waals surface area contributed by atoms with Gasteiger partial charge in [-0.25, -0.2) is 4.79 Å². The van der Waals surface area contributed by atoms with Crippen molar-refractivity contribution in [2.45, 2.75) is 19.9 Å². The van der Waals surface area contributed by atoms with E-state index in [1.54, 1.807) is 19.2 Å². The monoisotopic (exact) mass is 387 g/mol. The third-order valence-corrected chi connectivity index (χ3v) is 5.48. The number of aromatic nitrogens is 1. The van der Waals surface area contributed by atoms with Crippen LogP contribution in [0.15, 0.2) is 23.1 Å². The number of allylic oxidation sites excluding steroid dienone is 1. The maximum atomic E-state index is 13.0. The van der Waals surface area contributed by atoms with E-state index >= 15 is 0 Å². The van der Waals surface area contributed by atoms with Crippen LogP contribution in [0.3, 0.4) is 0 Å². The molecule has 0 spiro atoms. The van der Waals surface area contributed by atoms with Gasteiger partial charge in [-0.05, 0) is 19.9 Å². The lowest BCUT2D eigenvalue weighted by molar-refractivity contribution is 0.0524. The molecule has 2 aromatic rings. The summed E-state index contributed by atoms with van der Waals surface area (Å²) in [6.07, 6.45) is 5.72. The molecule has 1 fully saturated rings. The number of carbonyl (C=O) groups excluding carboxylic acids is 1. The highest BCUT2D eigenvalue weighted by Gasteiger charge is 2.26. The molecule has 0 bridgehead atoms. The number of benzene rings is 1. The van der Waals surface area contributed by atoms with Crippen LogP contribution >= 0.6 is 11.6 Å². The van der Waals surface area contributed by atoms with Gasteiger partial charge >= 0.3 is 5.97 Å². The molecule has 142 valence electrons. The highest BCUT2D eigenvalue weighted by atomic mass is 35.5. The van der Waals surface area contributed by atoms with Crippen LogP contribution in [0.5, 0.6) is 0 Å². The molecular formula is C20H22ClN3O3. The number of carbonyl (C=O) groups is 1. The zero-order valence-corrected chi connectivity index (χ0v) is 16.2. The molecule has 7 heteroatoms. The molecule has 0 saturated carbocycles. The van der Waals surface area contributed by atoms with Crippen LogP contribution in [-0.4, -0.2) is 43.3 Å². The number of nitrogens with zero attached hydrogens (tertiary/aromatic N) is 2. The molecule has 27 heavy (non-hydrogen) atoms. The summed E-state index contributed by atoms with van der Waals surface area (Å²) in [7, 11) is 0. The third kappa shape index (κ3) is 2.93. The van der Waals surface area contributed by atoms with Crippen LogP contribution < -0.4 is 15.6 Å². The van der Waals surface area contributed by atoms with Crippen molar-refractivity contribution in [2.24, 2.45) is 0 Å². The minimum absolute atomic E-state index is 0.0193. The summed E-state index contributed by atoms with van der Waals surface area (Å²) < 4.78 is 7.04. The van der Waals surface area contributed by atoms with Crippen LogP contribution in [0.1, 0.15) is 35.8 Å². The number of hydrogen-bond donors (Lipinski definition) is 1. The summed E-state index contributed by atoms with van der Waals surface area (Å²) in [5.74, 6) is -0.598. The number of anilines is 1. The Labute approximate surface area is 162 Å². The minimum atomic E-state index is -0.598. The summed E-state index contributed by atoms with van der Waals surface area (Å²) in [4.78, 5) is 27.6. The van der Waals surface area contributed by atoms with Crippen LogP contribution in [0, 0.1) is 0 Å². The zero-order valence-electron chi connectivity index (χ0n) is 15.4. The number of halogens is 1. The van der Waals surface area contributed by atoms with Gasteiger partial charge in [0.1, 0.15) is 5.56 Å². The van der Waals surface area contributed by atoms with Gasteiger partial charge in [-0.1, -0.05) is 23.8 Å². The van der Waals surface area contributed by atoms with Crippen LogP contribution in [0.4, 0.5) is 5.69 Å². The molecule has 1 atom stereocenters. The second kappa shape index (κ2) is 7.02. The normalized spacial score (nSPS) is 18.8. The largest absolute Gasteiger partial charge is 0.462 e. The van der Waals surface area contributed by atoms with E-state index in [0.717, 1.165) is 42.9 Å². The van der Waals surface area contributed by atoms with Crippen molar-refractivity contribution in [2.75, 3.05) is 37.7 Å². The summed E-state index contributed by atoms with van der Waals surface area (Å²) in [5, 5.41) is 4.33. The second-order valence-corrected chi connectivity index (χ2v) is 7.26. The van der Waals surface area contributed by atoms with Gasteiger partial charge in [0, 0.05) is 49.4 Å². The Kier molecular flexibility index (Phi) is 4.70. The fourth-order valence-electron chi connectivity index (χ4n) is 3.88. The van der Waals surface area contributed by atoms with E-state index in [1.807, 2.05) is 17.6 Å². The van der Waals surface area contributed by atoms with Gasteiger partial charge < -0.3 is 19.5 Å². The zero-order chi connectivity index (χ0) is 19.1. The summed E-state index contributed by atoms with van der Waals surface area (Å²) >= 11 is 6.64. The lowest BCUT2D eigenvalue weighted by Gasteiger charge is -2.33. The highest BCUT2D eigenvalue weighted by Crippen LogP contribution is 2.39. The molecule has 2 aliphatic rings. The van der Waals surface area contributed by atoms with E-state index in [0.29, 0.717) is 10.4 Å². The number of hydrogen-bond acceptors (Lipinski definition) is 5.